The van der Waals surface area contributed by atoms with E-state index in [1.807, 2.05) is 38.1 Å². The quantitative estimate of drug-likeness (QED) is 0.523. The number of Topliss-reactive ketones (excluding diaryl/α,β-unsaturated/α-hetero) is 1. The molecule has 1 aliphatic rings. The number of hydrogen-bond donors (Lipinski definition) is 0. The lowest BCUT2D eigenvalue weighted by Crippen LogP contribution is -2.36. The van der Waals surface area contributed by atoms with Crippen LogP contribution in [-0.4, -0.2) is 44.7 Å². The first-order valence-corrected chi connectivity index (χ1v) is 11.0. The molecule has 0 bridgehead atoms. The first-order chi connectivity index (χ1) is 15.4. The molecule has 4 rings (SSSR count). The van der Waals surface area contributed by atoms with E-state index in [9.17, 15) is 9.59 Å². The van der Waals surface area contributed by atoms with Gasteiger partial charge in [-0.1, -0.05) is 12.1 Å². The van der Waals surface area contributed by atoms with Gasteiger partial charge in [0.15, 0.2) is 5.78 Å². The van der Waals surface area contributed by atoms with E-state index in [0.717, 1.165) is 38.0 Å². The average molecular weight is 449 g/mol. The number of thiophene rings is 1. The van der Waals surface area contributed by atoms with E-state index in [1.54, 1.807) is 43.4 Å². The zero-order valence-electron chi connectivity index (χ0n) is 18.5. The van der Waals surface area contributed by atoms with Gasteiger partial charge in [0.25, 0.3) is 0 Å². The number of nitrogens with zero attached hydrogens (tertiary/aromatic N) is 2. The molecule has 1 aliphatic heterocycles. The Kier molecular flexibility index (Phi) is 6.10. The summed E-state index contributed by atoms with van der Waals surface area (Å²) >= 11 is 1.52. The van der Waals surface area contributed by atoms with E-state index >= 15 is 0 Å². The zero-order valence-corrected chi connectivity index (χ0v) is 19.3. The Morgan fingerprint density at radius 2 is 1.78 bits per heavy atom. The van der Waals surface area contributed by atoms with Crippen LogP contribution in [0.5, 0.6) is 11.5 Å². The number of ketones is 1. The summed E-state index contributed by atoms with van der Waals surface area (Å²) in [6.45, 7) is 3.98. The minimum absolute atomic E-state index is 0.0212. The van der Waals surface area contributed by atoms with Crippen molar-refractivity contribution in [1.29, 1.82) is 0 Å². The van der Waals surface area contributed by atoms with Crippen molar-refractivity contribution in [3.63, 3.8) is 0 Å². The summed E-state index contributed by atoms with van der Waals surface area (Å²) in [4.78, 5) is 33.5. The largest absolute Gasteiger partial charge is 0.497 e. The number of benzene rings is 2. The maximum atomic E-state index is 13.1. The van der Waals surface area contributed by atoms with Crippen molar-refractivity contribution in [2.45, 2.75) is 13.8 Å². The number of anilines is 1. The number of aliphatic imine (C=N–C) groups is 1. The maximum absolute atomic E-state index is 13.1. The second-order valence-electron chi connectivity index (χ2n) is 7.49. The van der Waals surface area contributed by atoms with Crippen LogP contribution in [0.15, 0.2) is 53.5 Å². The van der Waals surface area contributed by atoms with Gasteiger partial charge in [0.05, 0.1) is 26.5 Å². The molecule has 1 amide bonds. The van der Waals surface area contributed by atoms with Crippen LogP contribution in [0.1, 0.15) is 31.9 Å². The SMILES string of the molecule is COc1ccc(C2=NCC(=O)N(CC(=O)c3cccc(OC)c3)c3sc(C)c(C)c32)cc1. The second-order valence-corrected chi connectivity index (χ2v) is 8.69. The normalized spacial score (nSPS) is 13.3. The second kappa shape index (κ2) is 8.96. The highest BCUT2D eigenvalue weighted by Gasteiger charge is 2.31. The average Bonchev–Trinajstić information content (AvgIpc) is 3.03. The topological polar surface area (TPSA) is 68.2 Å². The third-order valence-corrected chi connectivity index (χ3v) is 6.81. The van der Waals surface area contributed by atoms with Crippen LogP contribution >= 0.6 is 11.3 Å². The van der Waals surface area contributed by atoms with Crippen molar-refractivity contribution in [2.24, 2.45) is 4.99 Å². The highest BCUT2D eigenvalue weighted by atomic mass is 32.1. The van der Waals surface area contributed by atoms with Gasteiger partial charge in [-0.15, -0.1) is 11.3 Å². The number of hydrogen-bond acceptors (Lipinski definition) is 6. The van der Waals surface area contributed by atoms with Gasteiger partial charge in [-0.3, -0.25) is 19.5 Å². The van der Waals surface area contributed by atoms with Crippen LogP contribution in [0.4, 0.5) is 5.00 Å². The predicted octanol–water partition coefficient (Wildman–Crippen LogP) is 4.45. The van der Waals surface area contributed by atoms with E-state index in [2.05, 4.69) is 4.99 Å². The number of aryl methyl sites for hydroxylation is 1. The first-order valence-electron chi connectivity index (χ1n) is 10.2. The molecule has 0 radical (unpaired) electrons. The Labute approximate surface area is 191 Å². The summed E-state index contributed by atoms with van der Waals surface area (Å²) in [6, 6.07) is 14.6. The first kappa shape index (κ1) is 21.8. The monoisotopic (exact) mass is 448 g/mol. The Balaban J connectivity index is 1.74. The summed E-state index contributed by atoms with van der Waals surface area (Å²) in [5.74, 6) is 1.00. The molecular formula is C25H24N2O4S. The Bertz CT molecular complexity index is 1210. The number of rotatable bonds is 6. The lowest BCUT2D eigenvalue weighted by Gasteiger charge is -2.20. The Morgan fingerprint density at radius 1 is 1.06 bits per heavy atom. The summed E-state index contributed by atoms with van der Waals surface area (Å²) < 4.78 is 10.5. The third kappa shape index (κ3) is 4.03. The van der Waals surface area contributed by atoms with Crippen molar-refractivity contribution in [3.05, 3.63) is 75.7 Å². The fourth-order valence-electron chi connectivity index (χ4n) is 3.68. The lowest BCUT2D eigenvalue weighted by molar-refractivity contribution is -0.117. The van der Waals surface area contributed by atoms with Crippen molar-refractivity contribution < 1.29 is 19.1 Å². The van der Waals surface area contributed by atoms with Crippen molar-refractivity contribution in [1.82, 2.24) is 0 Å². The number of carbonyl (C=O) groups excluding carboxylic acids is 2. The molecule has 3 aromatic rings. The summed E-state index contributed by atoms with van der Waals surface area (Å²) in [5, 5.41) is 0.758. The van der Waals surface area contributed by atoms with Crippen LogP contribution in [0, 0.1) is 13.8 Å². The summed E-state index contributed by atoms with van der Waals surface area (Å²) in [7, 11) is 3.18. The number of ether oxygens (including phenoxy) is 2. The number of methoxy groups -OCH3 is 2. The van der Waals surface area contributed by atoms with Gasteiger partial charge in [0.2, 0.25) is 5.91 Å². The van der Waals surface area contributed by atoms with Gasteiger partial charge >= 0.3 is 0 Å². The Hall–Kier alpha value is -3.45. The minimum atomic E-state index is -0.202. The van der Waals surface area contributed by atoms with Crippen LogP contribution < -0.4 is 14.4 Å². The van der Waals surface area contributed by atoms with E-state index in [-0.39, 0.29) is 24.8 Å². The van der Waals surface area contributed by atoms with Crippen LogP contribution in [0.3, 0.4) is 0 Å². The molecule has 0 N–H and O–H groups in total. The van der Waals surface area contributed by atoms with Crippen molar-refractivity contribution >= 4 is 33.7 Å². The molecule has 0 spiro atoms. The minimum Gasteiger partial charge on any atom is -0.497 e. The molecular weight excluding hydrogens is 424 g/mol. The zero-order chi connectivity index (χ0) is 22.8. The van der Waals surface area contributed by atoms with Crippen molar-refractivity contribution in [3.8, 4) is 11.5 Å². The molecule has 1 aromatic heterocycles. The Morgan fingerprint density at radius 3 is 2.47 bits per heavy atom. The highest BCUT2D eigenvalue weighted by molar-refractivity contribution is 7.17. The fourth-order valence-corrected chi connectivity index (χ4v) is 4.85. The summed E-state index contributed by atoms with van der Waals surface area (Å²) in [6.07, 6.45) is 0. The van der Waals surface area contributed by atoms with Crippen LogP contribution in [0.2, 0.25) is 0 Å². The summed E-state index contributed by atoms with van der Waals surface area (Å²) in [5.41, 5.74) is 4.13. The number of carbonyl (C=O) groups is 2. The number of fused-ring (bicyclic) bond motifs is 1. The fraction of sp³-hybridized carbons (Fsp3) is 0.240. The van der Waals surface area contributed by atoms with E-state index in [1.165, 1.54) is 11.3 Å². The van der Waals surface area contributed by atoms with Crippen LogP contribution in [0.25, 0.3) is 0 Å². The molecule has 164 valence electrons. The van der Waals surface area contributed by atoms with E-state index in [4.69, 9.17) is 9.47 Å². The van der Waals surface area contributed by atoms with Crippen LogP contribution in [-0.2, 0) is 4.79 Å². The van der Waals surface area contributed by atoms with E-state index < -0.39 is 0 Å². The van der Waals surface area contributed by atoms with Gasteiger partial charge in [0, 0.05) is 21.6 Å². The lowest BCUT2D eigenvalue weighted by atomic mass is 9.99. The number of amides is 1. The van der Waals surface area contributed by atoms with Gasteiger partial charge < -0.3 is 9.47 Å². The van der Waals surface area contributed by atoms with Gasteiger partial charge in [0.1, 0.15) is 23.0 Å². The molecule has 0 fully saturated rings. The molecule has 0 saturated heterocycles. The van der Waals surface area contributed by atoms with Gasteiger partial charge in [-0.05, 0) is 55.8 Å². The molecule has 7 heteroatoms. The molecule has 6 nitrogen and oxygen atoms in total. The predicted molar refractivity (Wildman–Crippen MR) is 127 cm³/mol. The molecule has 2 heterocycles. The highest BCUT2D eigenvalue weighted by Crippen LogP contribution is 2.39. The van der Waals surface area contributed by atoms with Gasteiger partial charge in [-0.25, -0.2) is 0 Å². The molecule has 0 saturated carbocycles. The molecule has 2 aromatic carbocycles. The maximum Gasteiger partial charge on any atom is 0.249 e. The van der Waals surface area contributed by atoms with Gasteiger partial charge in [-0.2, -0.15) is 0 Å². The molecule has 32 heavy (non-hydrogen) atoms. The molecule has 0 aliphatic carbocycles. The molecule has 0 unspecified atom stereocenters. The molecule has 0 atom stereocenters. The van der Waals surface area contributed by atoms with Crippen molar-refractivity contribution in [2.75, 3.05) is 32.2 Å². The van der Waals surface area contributed by atoms with E-state index in [0.29, 0.717) is 11.3 Å². The standard InChI is InChI=1S/C25H24N2O4S/c1-15-16(2)32-25-23(15)24(17-8-10-19(30-3)11-9-17)26-13-22(29)27(25)14-21(28)18-6-5-7-20(12-18)31-4/h5-12H,13-14H2,1-4H3. The smallest absolute Gasteiger partial charge is 0.249 e. The third-order valence-electron chi connectivity index (χ3n) is 5.58.